The number of rotatable bonds is 5. The van der Waals surface area contributed by atoms with E-state index in [0.717, 1.165) is 12.1 Å². The molecule has 0 aliphatic carbocycles. The molecule has 0 atom stereocenters. The largest absolute Gasteiger partial charge is 0.416 e. The zero-order chi connectivity index (χ0) is 24.4. The van der Waals surface area contributed by atoms with Crippen LogP contribution in [0.2, 0.25) is 0 Å². The van der Waals surface area contributed by atoms with Gasteiger partial charge in [0.05, 0.1) is 30.4 Å². The summed E-state index contributed by atoms with van der Waals surface area (Å²) in [4.78, 5) is 19.4. The van der Waals surface area contributed by atoms with Gasteiger partial charge in [0, 0.05) is 49.1 Å². The Morgan fingerprint density at radius 3 is 2.40 bits per heavy atom. The van der Waals surface area contributed by atoms with Crippen LogP contribution < -0.4 is 15.5 Å². The number of fused-ring (bicyclic) bond motifs is 1. The van der Waals surface area contributed by atoms with E-state index in [1.165, 1.54) is 6.07 Å². The molecule has 4 aromatic rings. The van der Waals surface area contributed by atoms with Gasteiger partial charge in [-0.05, 0) is 24.3 Å². The van der Waals surface area contributed by atoms with Gasteiger partial charge in [0.15, 0.2) is 0 Å². The molecule has 0 radical (unpaired) electrons. The highest BCUT2D eigenvalue weighted by molar-refractivity contribution is 5.63. The van der Waals surface area contributed by atoms with Gasteiger partial charge in [0.2, 0.25) is 17.8 Å². The number of aromatic nitrogens is 5. The number of nitrogens with zero attached hydrogens (tertiary/aromatic N) is 7. The molecule has 2 N–H and O–H groups in total. The number of benzene rings is 1. The van der Waals surface area contributed by atoms with Gasteiger partial charge in [-0.3, -0.25) is 0 Å². The van der Waals surface area contributed by atoms with Crippen LogP contribution in [-0.4, -0.2) is 50.6 Å². The van der Waals surface area contributed by atoms with Crippen molar-refractivity contribution in [2.45, 2.75) is 6.18 Å². The maximum absolute atomic E-state index is 13.3. The van der Waals surface area contributed by atoms with Crippen LogP contribution >= 0.6 is 0 Å². The highest BCUT2D eigenvalue weighted by atomic mass is 19.4. The summed E-state index contributed by atoms with van der Waals surface area (Å²) in [7, 11) is 0. The van der Waals surface area contributed by atoms with Crippen LogP contribution in [0.15, 0.2) is 48.9 Å². The van der Waals surface area contributed by atoms with Crippen molar-refractivity contribution in [1.82, 2.24) is 24.3 Å². The van der Waals surface area contributed by atoms with Crippen molar-refractivity contribution in [2.24, 2.45) is 0 Å². The summed E-state index contributed by atoms with van der Waals surface area (Å²) in [6, 6.07) is 8.35. The number of ether oxygens (including phenoxy) is 1. The van der Waals surface area contributed by atoms with Crippen LogP contribution in [0.3, 0.4) is 0 Å². The average molecular weight is 481 g/mol. The van der Waals surface area contributed by atoms with E-state index >= 15 is 0 Å². The average Bonchev–Trinajstić information content (AvgIpc) is 3.31. The normalized spacial score (nSPS) is 14.1. The first-order valence-corrected chi connectivity index (χ1v) is 10.6. The molecular formula is C22H18F3N9O. The third-order valence-electron chi connectivity index (χ3n) is 5.22. The van der Waals surface area contributed by atoms with Gasteiger partial charge in [-0.15, -0.1) is 0 Å². The molecule has 1 aliphatic rings. The fourth-order valence-electron chi connectivity index (χ4n) is 3.56. The van der Waals surface area contributed by atoms with Crippen LogP contribution in [0.25, 0.3) is 5.65 Å². The number of hydrogen-bond acceptors (Lipinski definition) is 9. The monoisotopic (exact) mass is 481 g/mol. The fraction of sp³-hybridized carbons (Fsp3) is 0.227. The first-order valence-electron chi connectivity index (χ1n) is 10.6. The van der Waals surface area contributed by atoms with Crippen molar-refractivity contribution >= 4 is 34.9 Å². The molecule has 4 heterocycles. The van der Waals surface area contributed by atoms with Gasteiger partial charge in [-0.2, -0.15) is 33.4 Å². The standard InChI is InChI=1S/C22H18F3N9O/c23-22(24,25)15-9-14(13-26)10-17(11-15)29-20-30-19(31-21(32-20)34-5-7-35-8-6-34)28-16-1-3-33-4-2-27-18(33)12-16/h1-4,9-12H,5-8H2,(H2,28,29,30,31,32). The minimum Gasteiger partial charge on any atom is -0.378 e. The summed E-state index contributed by atoms with van der Waals surface area (Å²) in [5.74, 6) is 0.546. The summed E-state index contributed by atoms with van der Waals surface area (Å²) in [6.45, 7) is 2.08. The first-order chi connectivity index (χ1) is 16.9. The lowest BCUT2D eigenvalue weighted by Crippen LogP contribution is -2.37. The second-order valence-corrected chi connectivity index (χ2v) is 7.65. The van der Waals surface area contributed by atoms with Crippen LogP contribution in [0, 0.1) is 11.3 Å². The Bertz CT molecular complexity index is 1410. The topological polar surface area (TPSA) is 116 Å². The quantitative estimate of drug-likeness (QED) is 0.440. The third-order valence-corrected chi connectivity index (χ3v) is 5.22. The van der Waals surface area contributed by atoms with E-state index in [4.69, 9.17) is 4.74 Å². The van der Waals surface area contributed by atoms with E-state index in [2.05, 4.69) is 30.6 Å². The van der Waals surface area contributed by atoms with Gasteiger partial charge in [-0.25, -0.2) is 4.98 Å². The van der Waals surface area contributed by atoms with Crippen molar-refractivity contribution in [3.8, 4) is 6.07 Å². The minimum atomic E-state index is -4.61. The Kier molecular flexibility index (Phi) is 5.79. The molecule has 1 saturated heterocycles. The van der Waals surface area contributed by atoms with E-state index in [0.29, 0.717) is 43.6 Å². The van der Waals surface area contributed by atoms with Crippen molar-refractivity contribution in [2.75, 3.05) is 41.8 Å². The van der Waals surface area contributed by atoms with E-state index in [-0.39, 0.29) is 23.1 Å². The predicted octanol–water partition coefficient (Wildman–Crippen LogP) is 3.73. The third kappa shape index (κ3) is 5.07. The molecule has 5 rings (SSSR count). The highest BCUT2D eigenvalue weighted by Crippen LogP contribution is 2.32. The van der Waals surface area contributed by atoms with Crippen molar-refractivity contribution in [3.63, 3.8) is 0 Å². The van der Waals surface area contributed by atoms with Gasteiger partial charge in [0.25, 0.3) is 0 Å². The zero-order valence-electron chi connectivity index (χ0n) is 18.1. The number of pyridine rings is 1. The second kappa shape index (κ2) is 9.07. The van der Waals surface area contributed by atoms with E-state index < -0.39 is 11.7 Å². The highest BCUT2D eigenvalue weighted by Gasteiger charge is 2.31. The Morgan fingerprint density at radius 1 is 0.943 bits per heavy atom. The molecule has 13 heteroatoms. The van der Waals surface area contributed by atoms with Gasteiger partial charge in [0.1, 0.15) is 5.65 Å². The molecule has 0 amide bonds. The summed E-state index contributed by atoms with van der Waals surface area (Å²) in [5.41, 5.74) is 0.313. The Labute approximate surface area is 197 Å². The molecule has 0 saturated carbocycles. The molecule has 0 spiro atoms. The number of nitriles is 1. The fourth-order valence-corrected chi connectivity index (χ4v) is 3.56. The molecule has 1 aliphatic heterocycles. The van der Waals surface area contributed by atoms with E-state index in [1.807, 2.05) is 27.8 Å². The Morgan fingerprint density at radius 2 is 1.69 bits per heavy atom. The van der Waals surface area contributed by atoms with Crippen molar-refractivity contribution in [3.05, 3.63) is 60.0 Å². The van der Waals surface area contributed by atoms with Gasteiger partial charge < -0.3 is 24.7 Å². The number of alkyl halides is 3. The molecule has 3 aromatic heterocycles. The van der Waals surface area contributed by atoms with E-state index in [9.17, 15) is 18.4 Å². The molecule has 0 bridgehead atoms. The molecular weight excluding hydrogens is 463 g/mol. The van der Waals surface area contributed by atoms with Crippen LogP contribution in [0.4, 0.5) is 42.4 Å². The van der Waals surface area contributed by atoms with Crippen LogP contribution in [0.1, 0.15) is 11.1 Å². The molecule has 1 aromatic carbocycles. The van der Waals surface area contributed by atoms with Crippen LogP contribution in [0.5, 0.6) is 0 Å². The molecule has 35 heavy (non-hydrogen) atoms. The predicted molar refractivity (Wildman–Crippen MR) is 121 cm³/mol. The summed E-state index contributed by atoms with van der Waals surface area (Å²) >= 11 is 0. The van der Waals surface area contributed by atoms with Crippen LogP contribution in [-0.2, 0) is 10.9 Å². The number of imidazole rings is 1. The lowest BCUT2D eigenvalue weighted by Gasteiger charge is -2.27. The molecule has 178 valence electrons. The smallest absolute Gasteiger partial charge is 0.378 e. The Balaban J connectivity index is 1.50. The lowest BCUT2D eigenvalue weighted by atomic mass is 10.1. The molecule has 10 nitrogen and oxygen atoms in total. The van der Waals surface area contributed by atoms with Gasteiger partial charge in [-0.1, -0.05) is 0 Å². The number of nitrogens with one attached hydrogen (secondary N) is 2. The van der Waals surface area contributed by atoms with E-state index in [1.54, 1.807) is 18.3 Å². The summed E-state index contributed by atoms with van der Waals surface area (Å²) in [5, 5.41) is 15.1. The number of halogens is 3. The second-order valence-electron chi connectivity index (χ2n) is 7.65. The maximum atomic E-state index is 13.3. The SMILES string of the molecule is N#Cc1cc(Nc2nc(Nc3ccn4ccnc4c3)nc(N3CCOCC3)n2)cc(C(F)(F)F)c1. The van der Waals surface area contributed by atoms with Crippen molar-refractivity contribution < 1.29 is 17.9 Å². The first kappa shape index (κ1) is 22.4. The number of anilines is 5. The Hall–Kier alpha value is -4.44. The lowest BCUT2D eigenvalue weighted by molar-refractivity contribution is -0.137. The molecule has 1 fully saturated rings. The minimum absolute atomic E-state index is 0.0223. The summed E-state index contributed by atoms with van der Waals surface area (Å²) in [6.07, 6.45) is 0.690. The maximum Gasteiger partial charge on any atom is 0.416 e. The summed E-state index contributed by atoms with van der Waals surface area (Å²) < 4.78 is 47.2. The zero-order valence-corrected chi connectivity index (χ0v) is 18.1. The number of hydrogen-bond donors (Lipinski definition) is 2. The van der Waals surface area contributed by atoms with Gasteiger partial charge >= 0.3 is 6.18 Å². The van der Waals surface area contributed by atoms with Crippen molar-refractivity contribution in [1.29, 1.82) is 5.26 Å². The number of morpholine rings is 1. The molecule has 0 unspecified atom stereocenters.